The van der Waals surface area contributed by atoms with Gasteiger partial charge in [0.1, 0.15) is 0 Å². The summed E-state index contributed by atoms with van der Waals surface area (Å²) in [6.07, 6.45) is 6.68. The highest BCUT2D eigenvalue weighted by Gasteiger charge is 2.16. The van der Waals surface area contributed by atoms with Crippen LogP contribution in [0.2, 0.25) is 0 Å². The third-order valence-electron chi connectivity index (χ3n) is 6.32. The number of rotatable bonds is 19. The molecule has 0 heterocycles. The van der Waals surface area contributed by atoms with Crippen LogP contribution in [0.5, 0.6) is 0 Å². The summed E-state index contributed by atoms with van der Waals surface area (Å²) in [7, 11) is 26.9. The first kappa shape index (κ1) is 38.4. The molecule has 0 aliphatic carbocycles. The number of hydrogen-bond acceptors (Lipinski definition) is 2. The minimum absolute atomic E-state index is 0.294. The molecule has 0 bridgehead atoms. The van der Waals surface area contributed by atoms with Crippen LogP contribution in [0.15, 0.2) is 0 Å². The predicted octanol–water partition coefficient (Wildman–Crippen LogP) is 3.31. The molecule has 0 aromatic rings. The first-order chi connectivity index (χ1) is 16.7. The lowest BCUT2D eigenvalue weighted by atomic mass is 10.2. The van der Waals surface area contributed by atoms with Gasteiger partial charge in [0.05, 0.1) is 111 Å². The molecule has 0 atom stereocenters. The van der Waals surface area contributed by atoms with E-state index in [2.05, 4.69) is 96.4 Å². The van der Waals surface area contributed by atoms with Crippen LogP contribution in [0.3, 0.4) is 0 Å². The molecule has 0 aromatic heterocycles. The van der Waals surface area contributed by atoms with E-state index >= 15 is 0 Å². The van der Waals surface area contributed by atoms with Gasteiger partial charge in [-0.05, 0) is 13.0 Å². The van der Waals surface area contributed by atoms with E-state index < -0.39 is 0 Å². The van der Waals surface area contributed by atoms with Crippen LogP contribution in [0.4, 0.5) is 0 Å². The Morgan fingerprint density at radius 3 is 1.03 bits per heavy atom. The molecule has 37 heavy (non-hydrogen) atoms. The Hall–Kier alpha value is -0.730. The van der Waals surface area contributed by atoms with Crippen molar-refractivity contribution in [3.8, 4) is 0 Å². The van der Waals surface area contributed by atoms with Crippen molar-refractivity contribution in [3.05, 3.63) is 0 Å². The number of carbonyl (C=O) groups excluding carboxylic acids is 1. The summed E-state index contributed by atoms with van der Waals surface area (Å²) < 4.78 is 4.10. The van der Waals surface area contributed by atoms with Gasteiger partial charge in [0, 0.05) is 58.3 Å². The first-order valence-electron chi connectivity index (χ1n) is 14.9. The molecule has 0 fully saturated rings. The van der Waals surface area contributed by atoms with Gasteiger partial charge in [-0.25, -0.2) is 0 Å². The van der Waals surface area contributed by atoms with Crippen molar-refractivity contribution in [2.45, 2.75) is 52.4 Å². The van der Waals surface area contributed by atoms with Crippen molar-refractivity contribution < 1.29 is 22.7 Å². The molecule has 0 unspecified atom stereocenters. The largest absolute Gasteiger partial charge is 0.342 e. The zero-order valence-corrected chi connectivity index (χ0v) is 28.2. The molecule has 0 aliphatic heterocycles. The standard InChI is InChI=1S/C15H35N3O.C15H37N3/c1-8-15(19)16(11-9-13-17(2,3)4)12-10-14-18(5,6)7;1-8-11-16(12-9-14-17(2,3)4)13-10-15-18(5,6)7/h8-14H2,1-7H3;8-15H2,1-7H3/q2*+2. The molecular weight excluding hydrogens is 460 g/mol. The van der Waals surface area contributed by atoms with Crippen LogP contribution in [0.25, 0.3) is 0 Å². The summed E-state index contributed by atoms with van der Waals surface area (Å²) in [6, 6.07) is 0. The monoisotopic (exact) mass is 533 g/mol. The Morgan fingerprint density at radius 1 is 0.486 bits per heavy atom. The molecule has 0 aliphatic rings. The Kier molecular flexibility index (Phi) is 19.2. The van der Waals surface area contributed by atoms with E-state index in [1.807, 2.05) is 11.8 Å². The zero-order chi connectivity index (χ0) is 29.3. The molecular formula is C30H72N6O+4. The molecule has 1 amide bonds. The van der Waals surface area contributed by atoms with Gasteiger partial charge < -0.3 is 27.7 Å². The second-order valence-electron chi connectivity index (χ2n) is 15.0. The minimum atomic E-state index is 0.294. The van der Waals surface area contributed by atoms with Gasteiger partial charge in [-0.15, -0.1) is 0 Å². The van der Waals surface area contributed by atoms with E-state index in [1.165, 1.54) is 52.0 Å². The fourth-order valence-electron chi connectivity index (χ4n) is 4.25. The highest BCUT2D eigenvalue weighted by atomic mass is 16.2. The molecule has 224 valence electrons. The van der Waals surface area contributed by atoms with Crippen molar-refractivity contribution in [2.75, 3.05) is 143 Å². The Labute approximate surface area is 234 Å². The number of carbonyl (C=O) groups is 1. The van der Waals surface area contributed by atoms with Gasteiger partial charge in [-0.1, -0.05) is 13.8 Å². The van der Waals surface area contributed by atoms with E-state index in [4.69, 9.17) is 0 Å². The number of hydrogen-bond donors (Lipinski definition) is 0. The van der Waals surface area contributed by atoms with Crippen molar-refractivity contribution in [1.82, 2.24) is 9.80 Å². The quantitative estimate of drug-likeness (QED) is 0.238. The van der Waals surface area contributed by atoms with Crippen LogP contribution in [-0.4, -0.2) is 177 Å². The Bertz CT molecular complexity index is 527. The van der Waals surface area contributed by atoms with Crippen LogP contribution in [-0.2, 0) is 4.79 Å². The zero-order valence-electron chi connectivity index (χ0n) is 28.2. The summed E-state index contributed by atoms with van der Waals surface area (Å²) in [6.45, 7) is 14.6. The molecule has 0 saturated carbocycles. The van der Waals surface area contributed by atoms with Crippen molar-refractivity contribution in [1.29, 1.82) is 0 Å². The van der Waals surface area contributed by atoms with E-state index in [0.29, 0.717) is 12.3 Å². The molecule has 0 radical (unpaired) electrons. The highest BCUT2D eigenvalue weighted by Crippen LogP contribution is 2.04. The van der Waals surface area contributed by atoms with Crippen LogP contribution < -0.4 is 0 Å². The topological polar surface area (TPSA) is 23.6 Å². The smallest absolute Gasteiger partial charge is 0.222 e. The van der Waals surface area contributed by atoms with E-state index in [0.717, 1.165) is 57.0 Å². The summed E-state index contributed by atoms with van der Waals surface area (Å²) in [5, 5.41) is 0. The molecule has 0 aromatic carbocycles. The molecule has 7 nitrogen and oxygen atoms in total. The fourth-order valence-corrected chi connectivity index (χ4v) is 4.25. The van der Waals surface area contributed by atoms with Gasteiger partial charge in [0.2, 0.25) is 5.91 Å². The van der Waals surface area contributed by atoms with Gasteiger partial charge in [-0.3, -0.25) is 4.79 Å². The molecule has 0 spiro atoms. The Balaban J connectivity index is 0. The first-order valence-corrected chi connectivity index (χ1v) is 14.9. The average molecular weight is 533 g/mol. The SMILES string of the molecule is CCC(=O)N(CCC[N+](C)(C)C)CCC[N+](C)(C)C.CCCN(CCC[N+](C)(C)C)CCC[N+](C)(C)C. The van der Waals surface area contributed by atoms with E-state index in [1.54, 1.807) is 0 Å². The summed E-state index contributed by atoms with van der Waals surface area (Å²) in [5.41, 5.74) is 0. The van der Waals surface area contributed by atoms with Gasteiger partial charge >= 0.3 is 0 Å². The molecule has 0 rings (SSSR count). The lowest BCUT2D eigenvalue weighted by molar-refractivity contribution is -0.870. The van der Waals surface area contributed by atoms with E-state index in [-0.39, 0.29) is 0 Å². The summed E-state index contributed by atoms with van der Waals surface area (Å²) >= 11 is 0. The minimum Gasteiger partial charge on any atom is -0.342 e. The van der Waals surface area contributed by atoms with Gasteiger partial charge in [0.25, 0.3) is 0 Å². The lowest BCUT2D eigenvalue weighted by Gasteiger charge is -2.28. The van der Waals surface area contributed by atoms with Crippen molar-refractivity contribution in [3.63, 3.8) is 0 Å². The maximum absolute atomic E-state index is 11.9. The maximum Gasteiger partial charge on any atom is 0.222 e. The van der Waals surface area contributed by atoms with E-state index in [9.17, 15) is 4.79 Å². The predicted molar refractivity (Wildman–Crippen MR) is 164 cm³/mol. The number of nitrogens with zero attached hydrogens (tertiary/aromatic N) is 6. The van der Waals surface area contributed by atoms with Crippen molar-refractivity contribution in [2.24, 2.45) is 0 Å². The van der Waals surface area contributed by atoms with Crippen LogP contribution in [0, 0.1) is 0 Å². The Morgan fingerprint density at radius 2 is 0.784 bits per heavy atom. The molecule has 0 saturated heterocycles. The number of amides is 1. The van der Waals surface area contributed by atoms with Gasteiger partial charge in [0.15, 0.2) is 0 Å². The van der Waals surface area contributed by atoms with Crippen molar-refractivity contribution >= 4 is 5.91 Å². The lowest BCUT2D eigenvalue weighted by Crippen LogP contribution is -2.41. The molecule has 7 heteroatoms. The summed E-state index contributed by atoms with van der Waals surface area (Å²) in [4.78, 5) is 16.6. The third-order valence-corrected chi connectivity index (χ3v) is 6.32. The van der Waals surface area contributed by atoms with Crippen LogP contribution >= 0.6 is 0 Å². The second-order valence-corrected chi connectivity index (χ2v) is 15.0. The fraction of sp³-hybridized carbons (Fsp3) is 0.967. The number of quaternary nitrogens is 4. The maximum atomic E-state index is 11.9. The highest BCUT2D eigenvalue weighted by molar-refractivity contribution is 5.75. The van der Waals surface area contributed by atoms with Gasteiger partial charge in [-0.2, -0.15) is 0 Å². The normalized spacial score (nSPS) is 12.9. The summed E-state index contributed by atoms with van der Waals surface area (Å²) in [5.74, 6) is 0.294. The average Bonchev–Trinajstić information content (AvgIpc) is 2.69. The second kappa shape index (κ2) is 18.5. The van der Waals surface area contributed by atoms with Crippen LogP contribution in [0.1, 0.15) is 52.4 Å². The third kappa shape index (κ3) is 29.7. The molecule has 0 N–H and O–H groups in total.